The molecule has 1 aromatic heterocycles. The van der Waals surface area contributed by atoms with E-state index in [9.17, 15) is 9.59 Å². The van der Waals surface area contributed by atoms with Crippen LogP contribution in [0, 0.1) is 5.92 Å². The highest BCUT2D eigenvalue weighted by atomic mass is 32.1. The second-order valence-corrected chi connectivity index (χ2v) is 10.2. The maximum atomic E-state index is 13.6. The van der Waals surface area contributed by atoms with Gasteiger partial charge in [-0.1, -0.05) is 18.9 Å². The van der Waals surface area contributed by atoms with Gasteiger partial charge in [-0.05, 0) is 54.8 Å². The van der Waals surface area contributed by atoms with Crippen molar-refractivity contribution >= 4 is 23.2 Å². The molecular weight excluding hydrogens is 464 g/mol. The third-order valence-electron chi connectivity index (χ3n) is 6.98. The number of ether oxygens (including phenoxy) is 3. The van der Waals surface area contributed by atoms with Gasteiger partial charge in [-0.15, -0.1) is 11.3 Å². The Morgan fingerprint density at radius 1 is 1.14 bits per heavy atom. The molecule has 0 N–H and O–H groups in total. The van der Waals surface area contributed by atoms with Crippen LogP contribution < -0.4 is 9.47 Å². The van der Waals surface area contributed by atoms with E-state index in [0.29, 0.717) is 32.1 Å². The Kier molecular flexibility index (Phi) is 9.04. The Morgan fingerprint density at radius 2 is 1.94 bits per heavy atom. The topological polar surface area (TPSA) is 68.3 Å². The molecule has 0 unspecified atom stereocenters. The molecule has 1 fully saturated rings. The Morgan fingerprint density at radius 3 is 2.71 bits per heavy atom. The molecule has 35 heavy (non-hydrogen) atoms. The smallest absolute Gasteiger partial charge is 0.242 e. The Balaban J connectivity index is 1.48. The van der Waals surface area contributed by atoms with E-state index >= 15 is 0 Å². The Bertz CT molecular complexity index is 987. The van der Waals surface area contributed by atoms with Crippen molar-refractivity contribution in [2.45, 2.75) is 44.6 Å². The fourth-order valence-electron chi connectivity index (χ4n) is 5.09. The van der Waals surface area contributed by atoms with Crippen molar-refractivity contribution in [1.29, 1.82) is 0 Å². The first-order valence-corrected chi connectivity index (χ1v) is 13.4. The minimum absolute atomic E-state index is 0.0233. The zero-order chi connectivity index (χ0) is 24.6. The van der Waals surface area contributed by atoms with Crippen LogP contribution in [0.15, 0.2) is 35.7 Å². The molecule has 7 nitrogen and oxygen atoms in total. The molecule has 0 bridgehead atoms. The molecular formula is C27H36N2O5S. The summed E-state index contributed by atoms with van der Waals surface area (Å²) in [6.07, 6.45) is 5.58. The van der Waals surface area contributed by atoms with E-state index < -0.39 is 0 Å². The van der Waals surface area contributed by atoms with Gasteiger partial charge in [0.1, 0.15) is 18.1 Å². The molecule has 2 amide bonds. The number of carbonyl (C=O) groups is 2. The third kappa shape index (κ3) is 6.35. The van der Waals surface area contributed by atoms with Crippen molar-refractivity contribution in [1.82, 2.24) is 9.80 Å². The monoisotopic (exact) mass is 500 g/mol. The van der Waals surface area contributed by atoms with Gasteiger partial charge in [0.15, 0.2) is 0 Å². The minimum atomic E-state index is -0.189. The summed E-state index contributed by atoms with van der Waals surface area (Å²) in [5, 5.41) is 2.08. The molecule has 2 heterocycles. The summed E-state index contributed by atoms with van der Waals surface area (Å²) in [6, 6.07) is 9.41. The van der Waals surface area contributed by atoms with E-state index in [1.165, 1.54) is 4.88 Å². The van der Waals surface area contributed by atoms with E-state index in [2.05, 4.69) is 11.4 Å². The quantitative estimate of drug-likeness (QED) is 0.430. The predicted octanol–water partition coefficient (Wildman–Crippen LogP) is 4.32. The van der Waals surface area contributed by atoms with E-state index in [-0.39, 0.29) is 30.3 Å². The highest BCUT2D eigenvalue weighted by molar-refractivity contribution is 7.10. The van der Waals surface area contributed by atoms with Crippen LogP contribution in [0.25, 0.3) is 0 Å². The van der Waals surface area contributed by atoms with Crippen LogP contribution in [0.2, 0.25) is 0 Å². The fourth-order valence-corrected chi connectivity index (χ4v) is 6.02. The number of thiophene rings is 1. The van der Waals surface area contributed by atoms with Gasteiger partial charge in [0.2, 0.25) is 11.8 Å². The van der Waals surface area contributed by atoms with E-state index in [1.54, 1.807) is 30.5 Å². The summed E-state index contributed by atoms with van der Waals surface area (Å²) in [5.41, 5.74) is 1.14. The molecule has 2 aliphatic rings. The van der Waals surface area contributed by atoms with Crippen molar-refractivity contribution in [3.05, 3.63) is 46.2 Å². The summed E-state index contributed by atoms with van der Waals surface area (Å²) in [6.45, 7) is 2.19. The molecule has 2 aromatic rings. The lowest BCUT2D eigenvalue weighted by molar-refractivity contribution is -0.144. The summed E-state index contributed by atoms with van der Waals surface area (Å²) in [5.74, 6) is 1.57. The highest BCUT2D eigenvalue weighted by Gasteiger charge is 2.35. The van der Waals surface area contributed by atoms with Gasteiger partial charge < -0.3 is 24.0 Å². The number of hydrogen-bond acceptors (Lipinski definition) is 6. The number of amides is 2. The lowest BCUT2D eigenvalue weighted by Gasteiger charge is -2.37. The van der Waals surface area contributed by atoms with Crippen LogP contribution in [-0.4, -0.2) is 68.7 Å². The lowest BCUT2D eigenvalue weighted by atomic mass is 10.00. The number of rotatable bonds is 11. The number of nitrogens with zero attached hydrogens (tertiary/aromatic N) is 2. The zero-order valence-electron chi connectivity index (χ0n) is 20.7. The number of benzene rings is 1. The molecule has 0 spiro atoms. The van der Waals surface area contributed by atoms with Gasteiger partial charge in [-0.2, -0.15) is 0 Å². The number of hydrogen-bond donors (Lipinski definition) is 0. The SMILES string of the molecule is COCCCN(CC(=O)N1CCc2sccc2[C@H]1COc1cccc(OC)c1)C(=O)C1CCCC1. The molecule has 1 aromatic carbocycles. The standard InChI is InChI=1S/C27H36N2O5S/c1-32-15-6-13-28(27(31)20-7-3-4-8-20)18-26(30)29-14-11-25-23(12-16-35-25)24(29)19-34-22-10-5-9-21(17-22)33-2/h5,9-10,12,16-17,20,24H,3-4,6-8,11,13-15,18-19H2,1-2H3/t24-/m1/s1. The molecule has 1 saturated carbocycles. The van der Waals surface area contributed by atoms with Crippen LogP contribution >= 0.6 is 11.3 Å². The maximum absolute atomic E-state index is 13.6. The normalized spacial score (nSPS) is 17.8. The molecule has 0 radical (unpaired) electrons. The molecule has 4 rings (SSSR count). The predicted molar refractivity (Wildman–Crippen MR) is 136 cm³/mol. The van der Waals surface area contributed by atoms with Gasteiger partial charge in [0.05, 0.1) is 19.7 Å². The Hall–Kier alpha value is -2.58. The largest absolute Gasteiger partial charge is 0.497 e. The van der Waals surface area contributed by atoms with Crippen LogP contribution in [-0.2, 0) is 20.7 Å². The molecule has 1 aliphatic carbocycles. The number of methoxy groups -OCH3 is 2. The van der Waals surface area contributed by atoms with Crippen LogP contribution in [0.4, 0.5) is 0 Å². The van der Waals surface area contributed by atoms with Crippen LogP contribution in [0.5, 0.6) is 11.5 Å². The first-order chi connectivity index (χ1) is 17.1. The van der Waals surface area contributed by atoms with E-state index in [1.807, 2.05) is 29.2 Å². The van der Waals surface area contributed by atoms with Gasteiger partial charge in [-0.25, -0.2) is 0 Å². The first-order valence-electron chi connectivity index (χ1n) is 12.5. The minimum Gasteiger partial charge on any atom is -0.497 e. The van der Waals surface area contributed by atoms with Crippen molar-refractivity contribution < 1.29 is 23.8 Å². The van der Waals surface area contributed by atoms with Gasteiger partial charge in [0, 0.05) is 43.7 Å². The summed E-state index contributed by atoms with van der Waals surface area (Å²) in [7, 11) is 3.29. The first kappa shape index (κ1) is 25.5. The third-order valence-corrected chi connectivity index (χ3v) is 7.98. The maximum Gasteiger partial charge on any atom is 0.242 e. The average Bonchev–Trinajstić information content (AvgIpc) is 3.59. The van der Waals surface area contributed by atoms with Crippen molar-refractivity contribution in [3.8, 4) is 11.5 Å². The molecule has 190 valence electrons. The van der Waals surface area contributed by atoms with E-state index in [4.69, 9.17) is 14.2 Å². The average molecular weight is 501 g/mol. The van der Waals surface area contributed by atoms with Crippen molar-refractivity contribution in [2.24, 2.45) is 5.92 Å². The highest BCUT2D eigenvalue weighted by Crippen LogP contribution is 2.34. The molecule has 0 saturated heterocycles. The van der Waals surface area contributed by atoms with Gasteiger partial charge in [0.25, 0.3) is 0 Å². The van der Waals surface area contributed by atoms with Gasteiger partial charge in [-0.3, -0.25) is 9.59 Å². The fraction of sp³-hybridized carbons (Fsp3) is 0.556. The van der Waals surface area contributed by atoms with Crippen LogP contribution in [0.1, 0.15) is 48.6 Å². The Labute approximate surface area is 212 Å². The molecule has 8 heteroatoms. The number of fused-ring (bicyclic) bond motifs is 1. The molecule has 1 atom stereocenters. The van der Waals surface area contributed by atoms with Crippen LogP contribution in [0.3, 0.4) is 0 Å². The van der Waals surface area contributed by atoms with Crippen molar-refractivity contribution in [3.63, 3.8) is 0 Å². The zero-order valence-corrected chi connectivity index (χ0v) is 21.6. The van der Waals surface area contributed by atoms with Gasteiger partial charge >= 0.3 is 0 Å². The second-order valence-electron chi connectivity index (χ2n) is 9.23. The summed E-state index contributed by atoms with van der Waals surface area (Å²) < 4.78 is 16.6. The lowest BCUT2D eigenvalue weighted by Crippen LogP contribution is -2.49. The summed E-state index contributed by atoms with van der Waals surface area (Å²) in [4.78, 5) is 31.9. The molecule has 1 aliphatic heterocycles. The van der Waals surface area contributed by atoms with Crippen molar-refractivity contribution in [2.75, 3.05) is 47.1 Å². The number of carbonyl (C=O) groups excluding carboxylic acids is 2. The second kappa shape index (κ2) is 12.4. The van der Waals surface area contributed by atoms with E-state index in [0.717, 1.165) is 49.8 Å². The summed E-state index contributed by atoms with van der Waals surface area (Å²) >= 11 is 1.73.